The molecular formula is C34H40N6O2S. The van der Waals surface area contributed by atoms with Crippen molar-refractivity contribution in [3.63, 3.8) is 0 Å². The number of hydrogen-bond donors (Lipinski definition) is 2. The normalized spacial score (nSPS) is 12.1. The number of carbonyl (C=O) groups excluding carboxylic acids is 1. The predicted octanol–water partition coefficient (Wildman–Crippen LogP) is 7.73. The van der Waals surface area contributed by atoms with Crippen molar-refractivity contribution < 1.29 is 9.53 Å². The van der Waals surface area contributed by atoms with E-state index in [4.69, 9.17) is 14.7 Å². The summed E-state index contributed by atoms with van der Waals surface area (Å²) in [6, 6.07) is 14.2. The molecule has 43 heavy (non-hydrogen) atoms. The highest BCUT2D eigenvalue weighted by molar-refractivity contribution is 7.17. The Labute approximate surface area is 257 Å². The average molecular weight is 597 g/mol. The molecule has 0 aliphatic heterocycles. The van der Waals surface area contributed by atoms with Gasteiger partial charge in [-0.05, 0) is 93.2 Å². The van der Waals surface area contributed by atoms with E-state index in [2.05, 4.69) is 79.0 Å². The maximum Gasteiger partial charge on any atom is 0.247 e. The lowest BCUT2D eigenvalue weighted by Gasteiger charge is -2.19. The van der Waals surface area contributed by atoms with E-state index in [1.54, 1.807) is 18.4 Å². The lowest BCUT2D eigenvalue weighted by molar-refractivity contribution is -0.111. The summed E-state index contributed by atoms with van der Waals surface area (Å²) in [4.78, 5) is 24.5. The maximum atomic E-state index is 12.4. The van der Waals surface area contributed by atoms with Crippen molar-refractivity contribution in [2.24, 2.45) is 5.92 Å². The first-order valence-corrected chi connectivity index (χ1v) is 15.5. The molecule has 3 aromatic heterocycles. The molecule has 0 radical (unpaired) electrons. The molecule has 0 spiro atoms. The average Bonchev–Trinajstić information content (AvgIpc) is 3.60. The van der Waals surface area contributed by atoms with Crippen LogP contribution in [0.4, 0.5) is 17.3 Å². The summed E-state index contributed by atoms with van der Waals surface area (Å²) < 4.78 is 8.98. The highest BCUT2D eigenvalue weighted by Gasteiger charge is 2.18. The van der Waals surface area contributed by atoms with Crippen LogP contribution in [0.2, 0.25) is 0 Å². The Hall–Kier alpha value is -4.21. The van der Waals surface area contributed by atoms with Crippen LogP contribution in [0.5, 0.6) is 5.75 Å². The minimum absolute atomic E-state index is 0.260. The second-order valence-corrected chi connectivity index (χ2v) is 12.3. The molecule has 0 aliphatic carbocycles. The molecule has 1 amide bonds. The summed E-state index contributed by atoms with van der Waals surface area (Å²) in [6.07, 6.45) is 7.65. The molecule has 2 N–H and O–H groups in total. The summed E-state index contributed by atoms with van der Waals surface area (Å²) in [7, 11) is 5.86. The van der Waals surface area contributed by atoms with E-state index < -0.39 is 0 Å². The largest absolute Gasteiger partial charge is 0.495 e. The first-order valence-electron chi connectivity index (χ1n) is 14.7. The lowest BCUT2D eigenvalue weighted by atomic mass is 9.94. The number of para-hydroxylation sites is 1. The van der Waals surface area contributed by atoms with Crippen LogP contribution in [-0.2, 0) is 11.2 Å². The molecule has 224 valence electrons. The first-order chi connectivity index (χ1) is 20.8. The van der Waals surface area contributed by atoms with Gasteiger partial charge in [-0.3, -0.25) is 9.36 Å². The highest BCUT2D eigenvalue weighted by atomic mass is 32.1. The molecule has 1 unspecified atom stereocenters. The van der Waals surface area contributed by atoms with Crippen molar-refractivity contribution in [2.75, 3.05) is 38.4 Å². The van der Waals surface area contributed by atoms with Crippen LogP contribution < -0.4 is 15.4 Å². The Morgan fingerprint density at radius 3 is 2.74 bits per heavy atom. The van der Waals surface area contributed by atoms with Gasteiger partial charge in [0.05, 0.1) is 28.5 Å². The number of carbonyl (C=O) groups is 1. The first kappa shape index (κ1) is 30.3. The summed E-state index contributed by atoms with van der Waals surface area (Å²) in [5.41, 5.74) is 5.52. The van der Waals surface area contributed by atoms with Gasteiger partial charge < -0.3 is 20.3 Å². The van der Waals surface area contributed by atoms with Gasteiger partial charge in [0.15, 0.2) is 5.82 Å². The molecule has 5 rings (SSSR count). The van der Waals surface area contributed by atoms with Crippen LogP contribution in [0.3, 0.4) is 0 Å². The fraction of sp³-hybridized carbons (Fsp3) is 0.324. The molecule has 2 aromatic carbocycles. The summed E-state index contributed by atoms with van der Waals surface area (Å²) >= 11 is 1.62. The van der Waals surface area contributed by atoms with Crippen molar-refractivity contribution in [1.82, 2.24) is 19.4 Å². The SMILES string of the molecule is C=CC(=O)Nc1cc(Nc2nc(-n3cc(C)c4ccccc43)c3sccc3n2)c(OC)cc1CC(C)CCCCN(C)C. The maximum absolute atomic E-state index is 12.4. The highest BCUT2D eigenvalue weighted by Crippen LogP contribution is 2.36. The van der Waals surface area contributed by atoms with Gasteiger partial charge in [0.25, 0.3) is 0 Å². The second kappa shape index (κ2) is 13.4. The Kier molecular flexibility index (Phi) is 9.43. The Morgan fingerprint density at radius 2 is 1.98 bits per heavy atom. The molecule has 0 fully saturated rings. The number of nitrogens with zero attached hydrogens (tertiary/aromatic N) is 4. The van der Waals surface area contributed by atoms with Gasteiger partial charge in [0.2, 0.25) is 11.9 Å². The topological polar surface area (TPSA) is 84.3 Å². The van der Waals surface area contributed by atoms with Gasteiger partial charge >= 0.3 is 0 Å². The van der Waals surface area contributed by atoms with Crippen LogP contribution in [0.15, 0.2) is 66.7 Å². The van der Waals surface area contributed by atoms with Crippen molar-refractivity contribution in [3.8, 4) is 11.6 Å². The fourth-order valence-corrected chi connectivity index (χ4v) is 6.29. The molecular weight excluding hydrogens is 556 g/mol. The second-order valence-electron chi connectivity index (χ2n) is 11.3. The van der Waals surface area contributed by atoms with Crippen LogP contribution in [0.1, 0.15) is 37.3 Å². The zero-order valence-electron chi connectivity index (χ0n) is 25.6. The van der Waals surface area contributed by atoms with E-state index in [0.29, 0.717) is 23.3 Å². The number of unbranched alkanes of at least 4 members (excludes halogenated alkanes) is 1. The Bertz CT molecular complexity index is 1760. The Balaban J connectivity index is 1.49. The molecule has 0 saturated heterocycles. The summed E-state index contributed by atoms with van der Waals surface area (Å²) in [6.45, 7) is 9.10. The zero-order chi connectivity index (χ0) is 30.5. The predicted molar refractivity (Wildman–Crippen MR) is 179 cm³/mol. The molecule has 5 aromatic rings. The number of nitrogens with one attached hydrogen (secondary N) is 2. The lowest BCUT2D eigenvalue weighted by Crippen LogP contribution is -2.14. The van der Waals surface area contributed by atoms with E-state index in [1.807, 2.05) is 29.6 Å². The van der Waals surface area contributed by atoms with Crippen molar-refractivity contribution in [3.05, 3.63) is 77.8 Å². The molecule has 8 nitrogen and oxygen atoms in total. The van der Waals surface area contributed by atoms with E-state index in [9.17, 15) is 4.79 Å². The van der Waals surface area contributed by atoms with Crippen molar-refractivity contribution in [2.45, 2.75) is 39.5 Å². The number of fused-ring (bicyclic) bond motifs is 2. The minimum Gasteiger partial charge on any atom is -0.495 e. The number of anilines is 3. The quantitative estimate of drug-likeness (QED) is 0.107. The number of rotatable bonds is 13. The Morgan fingerprint density at radius 1 is 1.16 bits per heavy atom. The number of amides is 1. The molecule has 1 atom stereocenters. The standard InChI is InChI=1S/C34H40N6O2S/c1-7-31(41)35-27-20-28(30(42-6)19-24(27)18-22(2)12-10-11-16-39(4)5)37-34-36-26-15-17-43-32(26)33(38-34)40-21-23(3)25-13-8-9-14-29(25)40/h7-9,13-15,17,19-22H,1,10-12,16,18H2,2-6H3,(H,35,41)(H,36,37,38). The van der Waals surface area contributed by atoms with Crippen LogP contribution >= 0.6 is 11.3 Å². The minimum atomic E-state index is -0.260. The number of aromatic nitrogens is 3. The number of methoxy groups -OCH3 is 1. The fourth-order valence-electron chi connectivity index (χ4n) is 5.47. The van der Waals surface area contributed by atoms with Crippen LogP contribution in [0, 0.1) is 12.8 Å². The third-order valence-electron chi connectivity index (χ3n) is 7.66. The number of aryl methyl sites for hydroxylation is 1. The van der Waals surface area contributed by atoms with Gasteiger partial charge in [-0.25, -0.2) is 4.98 Å². The molecule has 0 saturated carbocycles. The number of thiophene rings is 1. The number of hydrogen-bond acceptors (Lipinski definition) is 7. The van der Waals surface area contributed by atoms with Crippen molar-refractivity contribution >= 4 is 55.7 Å². The van der Waals surface area contributed by atoms with Crippen LogP contribution in [-0.4, -0.2) is 53.1 Å². The monoisotopic (exact) mass is 596 g/mol. The van der Waals surface area contributed by atoms with E-state index in [-0.39, 0.29) is 5.91 Å². The number of benzene rings is 2. The van der Waals surface area contributed by atoms with E-state index in [1.165, 1.54) is 23.4 Å². The van der Waals surface area contributed by atoms with E-state index in [0.717, 1.165) is 58.6 Å². The van der Waals surface area contributed by atoms with Crippen LogP contribution in [0.25, 0.3) is 26.9 Å². The molecule has 9 heteroatoms. The van der Waals surface area contributed by atoms with Gasteiger partial charge in [-0.2, -0.15) is 4.98 Å². The zero-order valence-corrected chi connectivity index (χ0v) is 26.4. The molecule has 0 bridgehead atoms. The molecule has 3 heterocycles. The molecule has 0 aliphatic rings. The summed E-state index contributed by atoms with van der Waals surface area (Å²) in [5, 5.41) is 9.63. The van der Waals surface area contributed by atoms with Gasteiger partial charge in [0.1, 0.15) is 5.75 Å². The number of ether oxygens (including phenoxy) is 1. The smallest absolute Gasteiger partial charge is 0.247 e. The van der Waals surface area contributed by atoms with Gasteiger partial charge in [0, 0.05) is 17.3 Å². The van der Waals surface area contributed by atoms with Gasteiger partial charge in [-0.15, -0.1) is 11.3 Å². The third kappa shape index (κ3) is 6.89. The van der Waals surface area contributed by atoms with E-state index >= 15 is 0 Å². The van der Waals surface area contributed by atoms with Crippen molar-refractivity contribution in [1.29, 1.82) is 0 Å². The van der Waals surface area contributed by atoms with Gasteiger partial charge in [-0.1, -0.05) is 44.5 Å². The third-order valence-corrected chi connectivity index (χ3v) is 8.56. The summed E-state index contributed by atoms with van der Waals surface area (Å²) in [5.74, 6) is 2.09.